The van der Waals surface area contributed by atoms with Gasteiger partial charge in [-0.15, -0.1) is 10.2 Å². The van der Waals surface area contributed by atoms with E-state index < -0.39 is 0 Å². The molecule has 44 heavy (non-hydrogen) atoms. The molecule has 0 radical (unpaired) electrons. The van der Waals surface area contributed by atoms with Gasteiger partial charge in [0.15, 0.2) is 16.9 Å². The third-order valence-electron chi connectivity index (χ3n) is 6.57. The minimum atomic E-state index is 0.887. The number of aryl methyl sites for hydroxylation is 2. The molecule has 0 saturated heterocycles. The fraction of sp³-hybridized carbons (Fsp3) is 0.0968. The number of nitrogens with zero attached hydrogens (tertiary/aromatic N) is 12. The molecule has 0 fully saturated rings. The first-order valence-electron chi connectivity index (χ1n) is 13.9. The standard InChI is InChI=1S/C7H9N.4C6H5N3/c1-3-7-4-2-6-8(7)5-1;1-3-9-4-2-8-6(9)5-7-1;1-2-7-3-6-5(1)8-4-9-6;1-2-4-9-5-7-8-6(9)3-1;1-2-4-9-6(3-1)7-5-8-9/h1,3,5H,2,4,6H2;1-5H;1-4H,(H,8,9);2*1-5H. The van der Waals surface area contributed by atoms with Crippen LogP contribution in [0.2, 0.25) is 0 Å². The Morgan fingerprint density at radius 2 is 1.57 bits per heavy atom. The average Bonchev–Trinajstić information content (AvgIpc) is 3.92. The SMILES string of the molecule is c1cc2n(c1)CCC2.c1cc2nc[nH]c2cn1.c1ccn2cnnc2c1.c1ccn2ncnc2c1.c1cn2ccnc2cn1. The molecular weight excluding hydrogens is 554 g/mol. The van der Waals surface area contributed by atoms with Crippen LogP contribution in [0.5, 0.6) is 0 Å². The number of nitrogens with one attached hydrogen (secondary N) is 1. The third-order valence-corrected chi connectivity index (χ3v) is 6.57. The van der Waals surface area contributed by atoms with Gasteiger partial charge in [0.05, 0.1) is 29.8 Å². The van der Waals surface area contributed by atoms with Crippen molar-refractivity contribution >= 4 is 28.0 Å². The molecule has 218 valence electrons. The lowest BCUT2D eigenvalue weighted by Crippen LogP contribution is -1.86. The highest BCUT2D eigenvalue weighted by atomic mass is 15.3. The fourth-order valence-corrected chi connectivity index (χ4v) is 4.41. The summed E-state index contributed by atoms with van der Waals surface area (Å²) in [6.07, 6.45) is 25.9. The number of imidazole rings is 2. The number of hydrogen-bond acceptors (Lipinski definition) is 8. The molecule has 10 heterocycles. The maximum absolute atomic E-state index is 4.02. The van der Waals surface area contributed by atoms with E-state index in [9.17, 15) is 0 Å². The monoisotopic (exact) mass is 583 g/mol. The Hall–Kier alpha value is -6.24. The molecule has 0 spiro atoms. The van der Waals surface area contributed by atoms with Crippen LogP contribution < -0.4 is 0 Å². The number of H-pyrrole nitrogens is 1. The number of pyridine rings is 3. The largest absolute Gasteiger partial charge is 0.351 e. The topological polar surface area (TPSA) is 137 Å². The zero-order chi connectivity index (χ0) is 29.8. The molecule has 1 aliphatic heterocycles. The predicted molar refractivity (Wildman–Crippen MR) is 166 cm³/mol. The first-order valence-corrected chi connectivity index (χ1v) is 13.9. The highest BCUT2D eigenvalue weighted by Crippen LogP contribution is 2.13. The molecule has 9 aromatic heterocycles. The fourth-order valence-electron chi connectivity index (χ4n) is 4.41. The van der Waals surface area contributed by atoms with E-state index in [4.69, 9.17) is 0 Å². The Morgan fingerprint density at radius 3 is 2.43 bits per heavy atom. The quantitative estimate of drug-likeness (QED) is 0.274. The smallest absolute Gasteiger partial charge is 0.160 e. The predicted octanol–water partition coefficient (Wildman–Crippen LogP) is 4.58. The van der Waals surface area contributed by atoms with Gasteiger partial charge in [-0.2, -0.15) is 5.10 Å². The summed E-state index contributed by atoms with van der Waals surface area (Å²) in [7, 11) is 0. The van der Waals surface area contributed by atoms with Crippen LogP contribution in [0.1, 0.15) is 12.1 Å². The molecule has 13 nitrogen and oxygen atoms in total. The van der Waals surface area contributed by atoms with Crippen LogP contribution in [0.4, 0.5) is 0 Å². The maximum atomic E-state index is 4.02. The lowest BCUT2D eigenvalue weighted by Gasteiger charge is -1.90. The summed E-state index contributed by atoms with van der Waals surface area (Å²) in [6.45, 7) is 1.24. The minimum absolute atomic E-state index is 0.887. The molecule has 13 heteroatoms. The molecule has 0 bridgehead atoms. The molecular formula is C31H29N13. The minimum Gasteiger partial charge on any atom is -0.351 e. The molecule has 0 atom stereocenters. The summed E-state index contributed by atoms with van der Waals surface area (Å²) in [5, 5.41) is 11.5. The highest BCUT2D eigenvalue weighted by Gasteiger charge is 2.06. The van der Waals surface area contributed by atoms with Crippen LogP contribution in [0, 0.1) is 0 Å². The van der Waals surface area contributed by atoms with E-state index >= 15 is 0 Å². The van der Waals surface area contributed by atoms with Crippen molar-refractivity contribution in [3.8, 4) is 0 Å². The van der Waals surface area contributed by atoms with E-state index in [1.807, 2.05) is 76.1 Å². The van der Waals surface area contributed by atoms with Gasteiger partial charge >= 0.3 is 0 Å². The van der Waals surface area contributed by atoms with E-state index in [1.54, 1.807) is 48.2 Å². The Morgan fingerprint density at radius 1 is 0.682 bits per heavy atom. The summed E-state index contributed by atoms with van der Waals surface area (Å²) >= 11 is 0. The van der Waals surface area contributed by atoms with Gasteiger partial charge in [0.25, 0.3) is 0 Å². The van der Waals surface area contributed by atoms with Crippen LogP contribution in [0.15, 0.2) is 136 Å². The third kappa shape index (κ3) is 7.15. The number of aromatic nitrogens is 13. The second kappa shape index (κ2) is 14.1. The number of rotatable bonds is 0. The number of hydrogen-bond donors (Lipinski definition) is 1. The average molecular weight is 584 g/mol. The van der Waals surface area contributed by atoms with Gasteiger partial charge in [-0.05, 0) is 55.3 Å². The van der Waals surface area contributed by atoms with Gasteiger partial charge < -0.3 is 14.0 Å². The van der Waals surface area contributed by atoms with Gasteiger partial charge in [-0.1, -0.05) is 12.1 Å². The molecule has 0 aliphatic carbocycles. The van der Waals surface area contributed by atoms with Crippen LogP contribution in [-0.2, 0) is 13.0 Å². The van der Waals surface area contributed by atoms with Crippen molar-refractivity contribution in [3.05, 3.63) is 141 Å². The van der Waals surface area contributed by atoms with Crippen molar-refractivity contribution in [1.29, 1.82) is 0 Å². The van der Waals surface area contributed by atoms with Gasteiger partial charge in [-0.25, -0.2) is 19.5 Å². The van der Waals surface area contributed by atoms with Crippen LogP contribution in [-0.4, -0.2) is 63.1 Å². The van der Waals surface area contributed by atoms with Crippen LogP contribution in [0.3, 0.4) is 0 Å². The molecule has 1 aliphatic rings. The Bertz CT molecular complexity index is 1750. The molecule has 0 saturated carbocycles. The number of aromatic amines is 1. The summed E-state index contributed by atoms with van der Waals surface area (Å²) in [5.74, 6) is 0. The molecule has 0 amide bonds. The lowest BCUT2D eigenvalue weighted by molar-refractivity contribution is 0.750. The van der Waals surface area contributed by atoms with Gasteiger partial charge in [0, 0.05) is 61.8 Å². The molecule has 9 aromatic rings. The van der Waals surface area contributed by atoms with E-state index in [0.717, 1.165) is 28.0 Å². The van der Waals surface area contributed by atoms with E-state index in [1.165, 1.54) is 31.4 Å². The summed E-state index contributed by atoms with van der Waals surface area (Å²) in [6, 6.07) is 17.7. The second-order valence-corrected chi connectivity index (χ2v) is 9.42. The van der Waals surface area contributed by atoms with Crippen molar-refractivity contribution in [1.82, 2.24) is 63.1 Å². The van der Waals surface area contributed by atoms with Crippen molar-refractivity contribution in [2.75, 3.05) is 0 Å². The van der Waals surface area contributed by atoms with Crippen molar-refractivity contribution in [2.45, 2.75) is 19.4 Å². The molecule has 0 unspecified atom stereocenters. The van der Waals surface area contributed by atoms with Crippen molar-refractivity contribution in [2.24, 2.45) is 0 Å². The zero-order valence-electron chi connectivity index (χ0n) is 23.7. The first-order chi connectivity index (χ1) is 21.8. The van der Waals surface area contributed by atoms with E-state index in [0.29, 0.717) is 0 Å². The number of fused-ring (bicyclic) bond motifs is 5. The molecule has 0 aromatic carbocycles. The maximum Gasteiger partial charge on any atom is 0.160 e. The Labute approximate surface area is 251 Å². The summed E-state index contributed by atoms with van der Waals surface area (Å²) < 4.78 is 7.81. The summed E-state index contributed by atoms with van der Waals surface area (Å²) in [5.41, 5.74) is 6.11. The highest BCUT2D eigenvalue weighted by molar-refractivity contribution is 5.72. The van der Waals surface area contributed by atoms with Crippen molar-refractivity contribution in [3.63, 3.8) is 0 Å². The van der Waals surface area contributed by atoms with Crippen molar-refractivity contribution < 1.29 is 0 Å². The van der Waals surface area contributed by atoms with Gasteiger partial charge in [0.2, 0.25) is 0 Å². The van der Waals surface area contributed by atoms with E-state index in [-0.39, 0.29) is 0 Å². The van der Waals surface area contributed by atoms with Crippen LogP contribution >= 0.6 is 0 Å². The lowest BCUT2D eigenvalue weighted by atomic mass is 10.3. The first kappa shape index (κ1) is 27.9. The molecule has 10 rings (SSSR count). The van der Waals surface area contributed by atoms with Gasteiger partial charge in [-0.3, -0.25) is 14.4 Å². The zero-order valence-corrected chi connectivity index (χ0v) is 23.7. The van der Waals surface area contributed by atoms with Gasteiger partial charge in [0.1, 0.15) is 12.7 Å². The second-order valence-electron chi connectivity index (χ2n) is 9.42. The molecule has 1 N–H and O–H groups in total. The van der Waals surface area contributed by atoms with E-state index in [2.05, 4.69) is 68.1 Å². The van der Waals surface area contributed by atoms with Crippen LogP contribution in [0.25, 0.3) is 28.0 Å². The Kier molecular flexibility index (Phi) is 8.94. The normalized spacial score (nSPS) is 11.4. The summed E-state index contributed by atoms with van der Waals surface area (Å²) in [4.78, 5) is 22.8. The Balaban J connectivity index is 0.0000000975.